The Labute approximate surface area is 139 Å². The zero-order valence-electron chi connectivity index (χ0n) is 13.2. The summed E-state index contributed by atoms with van der Waals surface area (Å²) in [6.07, 6.45) is 0. The zero-order chi connectivity index (χ0) is 17.3. The number of ether oxygens (including phenoxy) is 1. The third-order valence-corrected chi connectivity index (χ3v) is 3.93. The number of fused-ring (bicyclic) bond motifs is 1. The van der Waals surface area contributed by atoms with E-state index >= 15 is 0 Å². The molecule has 0 saturated carbocycles. The molecule has 0 unspecified atom stereocenters. The van der Waals surface area contributed by atoms with Gasteiger partial charge in [0.05, 0.1) is 11.5 Å². The van der Waals surface area contributed by atoms with E-state index in [1.54, 1.807) is 12.1 Å². The van der Waals surface area contributed by atoms with Crippen LogP contribution in [-0.4, -0.2) is 4.92 Å². The summed E-state index contributed by atoms with van der Waals surface area (Å²) in [7, 11) is 0. The molecule has 0 amide bonds. The Balaban J connectivity index is 2.21. The second-order valence-corrected chi connectivity index (χ2v) is 5.47. The van der Waals surface area contributed by atoms with Crippen LogP contribution in [0.3, 0.4) is 0 Å². The summed E-state index contributed by atoms with van der Waals surface area (Å²) in [5.41, 5.74) is 1.78. The molecule has 0 saturated heterocycles. The lowest BCUT2D eigenvalue weighted by molar-refractivity contribution is -0.384. The molecule has 0 aliphatic rings. The van der Waals surface area contributed by atoms with Crippen molar-refractivity contribution in [3.05, 3.63) is 81.2 Å². The van der Waals surface area contributed by atoms with Crippen LogP contribution in [0, 0.1) is 30.5 Å². The highest BCUT2D eigenvalue weighted by Gasteiger charge is 2.22. The first-order chi connectivity index (χ1) is 11.5. The lowest BCUT2D eigenvalue weighted by Crippen LogP contribution is -1.95. The van der Waals surface area contributed by atoms with Gasteiger partial charge in [-0.3, -0.25) is 10.1 Å². The molecular weight excluding hydrogens is 304 g/mol. The Morgan fingerprint density at radius 3 is 2.38 bits per heavy atom. The van der Waals surface area contributed by atoms with Gasteiger partial charge in [-0.1, -0.05) is 30.3 Å². The van der Waals surface area contributed by atoms with Crippen LogP contribution in [0.1, 0.15) is 11.1 Å². The van der Waals surface area contributed by atoms with Crippen molar-refractivity contribution in [2.24, 2.45) is 0 Å². The molecule has 3 aromatic carbocycles. The summed E-state index contributed by atoms with van der Waals surface area (Å²) in [6, 6.07) is 14.2. The number of aryl methyl sites for hydroxylation is 2. The molecule has 0 aliphatic carbocycles. The fourth-order valence-electron chi connectivity index (χ4n) is 2.76. The summed E-state index contributed by atoms with van der Waals surface area (Å²) < 4.78 is 5.88. The molecule has 0 atom stereocenters. The second kappa shape index (κ2) is 6.01. The van der Waals surface area contributed by atoms with E-state index in [4.69, 9.17) is 11.3 Å². The fraction of sp³-hybridized carbons (Fsp3) is 0.105. The summed E-state index contributed by atoms with van der Waals surface area (Å²) in [4.78, 5) is 14.0. The fourth-order valence-corrected chi connectivity index (χ4v) is 2.76. The van der Waals surface area contributed by atoms with Crippen LogP contribution in [0.2, 0.25) is 0 Å². The molecule has 0 spiro atoms. The standard InChI is InChI=1S/C19H14N2O3/c1-12-10-11-13(2)18-14(12)6-4-8-16(18)24-17-9-5-7-15(20-3)19(17)21(22)23/h4-11H,1-2H3. The Morgan fingerprint density at radius 2 is 1.67 bits per heavy atom. The van der Waals surface area contributed by atoms with Crippen LogP contribution < -0.4 is 4.74 Å². The number of hydrogen-bond donors (Lipinski definition) is 0. The quantitative estimate of drug-likeness (QED) is 0.353. The van der Waals surface area contributed by atoms with Crippen molar-refractivity contribution in [2.45, 2.75) is 13.8 Å². The Morgan fingerprint density at radius 1 is 1.00 bits per heavy atom. The van der Waals surface area contributed by atoms with Crippen LogP contribution in [0.4, 0.5) is 11.4 Å². The van der Waals surface area contributed by atoms with E-state index in [1.807, 2.05) is 38.1 Å². The van der Waals surface area contributed by atoms with Gasteiger partial charge in [0.2, 0.25) is 0 Å². The molecule has 0 radical (unpaired) electrons. The molecular formula is C19H14N2O3. The van der Waals surface area contributed by atoms with E-state index in [-0.39, 0.29) is 17.1 Å². The predicted molar refractivity (Wildman–Crippen MR) is 92.9 cm³/mol. The summed E-state index contributed by atoms with van der Waals surface area (Å²) >= 11 is 0. The zero-order valence-corrected chi connectivity index (χ0v) is 13.2. The first kappa shape index (κ1) is 15.5. The first-order valence-electron chi connectivity index (χ1n) is 7.34. The number of nitrogens with zero attached hydrogens (tertiary/aromatic N) is 2. The van der Waals surface area contributed by atoms with Gasteiger partial charge in [0.25, 0.3) is 5.69 Å². The molecule has 5 heteroatoms. The van der Waals surface area contributed by atoms with Gasteiger partial charge in [-0.2, -0.15) is 0 Å². The third kappa shape index (κ3) is 2.55. The third-order valence-electron chi connectivity index (χ3n) is 3.93. The molecule has 0 bridgehead atoms. The van der Waals surface area contributed by atoms with Gasteiger partial charge >= 0.3 is 5.69 Å². The predicted octanol–water partition coefficient (Wildman–Crippen LogP) is 5.71. The maximum Gasteiger partial charge on any atom is 0.321 e. The Kier molecular flexibility index (Phi) is 3.88. The van der Waals surface area contributed by atoms with Crippen molar-refractivity contribution < 1.29 is 9.66 Å². The van der Waals surface area contributed by atoms with E-state index in [0.29, 0.717) is 5.75 Å². The highest BCUT2D eigenvalue weighted by atomic mass is 16.6. The van der Waals surface area contributed by atoms with E-state index in [9.17, 15) is 10.1 Å². The number of benzene rings is 3. The lowest BCUT2D eigenvalue weighted by atomic mass is 10.0. The van der Waals surface area contributed by atoms with E-state index in [2.05, 4.69) is 4.85 Å². The number of nitro groups is 1. The second-order valence-electron chi connectivity index (χ2n) is 5.47. The first-order valence-corrected chi connectivity index (χ1v) is 7.34. The molecule has 118 valence electrons. The molecule has 3 rings (SSSR count). The van der Waals surface area contributed by atoms with Gasteiger partial charge < -0.3 is 4.74 Å². The number of hydrogen-bond acceptors (Lipinski definition) is 3. The average Bonchev–Trinajstić information content (AvgIpc) is 2.57. The van der Waals surface area contributed by atoms with Gasteiger partial charge in [0, 0.05) is 5.39 Å². The van der Waals surface area contributed by atoms with Crippen LogP contribution in [0.5, 0.6) is 11.5 Å². The number of rotatable bonds is 3. The molecule has 3 aromatic rings. The maximum atomic E-state index is 11.4. The smallest absolute Gasteiger partial charge is 0.321 e. The SMILES string of the molecule is [C-]#[N+]c1cccc(Oc2cccc3c(C)ccc(C)c23)c1[N+](=O)[O-]. The molecule has 0 heterocycles. The van der Waals surface area contributed by atoms with Crippen LogP contribution in [-0.2, 0) is 0 Å². The van der Waals surface area contributed by atoms with E-state index < -0.39 is 4.92 Å². The molecule has 0 aromatic heterocycles. The van der Waals surface area contributed by atoms with Gasteiger partial charge in [-0.05, 0) is 48.6 Å². The summed E-state index contributed by atoms with van der Waals surface area (Å²) in [6.45, 7) is 11.1. The van der Waals surface area contributed by atoms with Gasteiger partial charge in [0.1, 0.15) is 5.75 Å². The van der Waals surface area contributed by atoms with E-state index in [1.165, 1.54) is 12.1 Å². The average molecular weight is 318 g/mol. The van der Waals surface area contributed by atoms with Crippen molar-refractivity contribution in [2.75, 3.05) is 0 Å². The molecule has 0 aliphatic heterocycles. The van der Waals surface area contributed by atoms with Crippen molar-refractivity contribution in [1.82, 2.24) is 0 Å². The van der Waals surface area contributed by atoms with Crippen LogP contribution in [0.15, 0.2) is 48.5 Å². The van der Waals surface area contributed by atoms with Gasteiger partial charge in [0.15, 0.2) is 5.75 Å². The van der Waals surface area contributed by atoms with Crippen LogP contribution in [0.25, 0.3) is 15.6 Å². The monoisotopic (exact) mass is 318 g/mol. The van der Waals surface area contributed by atoms with Crippen molar-refractivity contribution in [3.63, 3.8) is 0 Å². The summed E-state index contributed by atoms with van der Waals surface area (Å²) in [5.74, 6) is 0.612. The minimum atomic E-state index is -0.577. The maximum absolute atomic E-state index is 11.4. The minimum absolute atomic E-state index is 0.0364. The lowest BCUT2D eigenvalue weighted by Gasteiger charge is -2.13. The highest BCUT2D eigenvalue weighted by Crippen LogP contribution is 2.41. The molecule has 0 N–H and O–H groups in total. The van der Waals surface area contributed by atoms with E-state index in [0.717, 1.165) is 21.9 Å². The van der Waals surface area contributed by atoms with Crippen molar-refractivity contribution >= 4 is 22.1 Å². The normalized spacial score (nSPS) is 10.4. The molecule has 0 fully saturated rings. The summed E-state index contributed by atoms with van der Waals surface area (Å²) in [5, 5.41) is 13.3. The van der Waals surface area contributed by atoms with Gasteiger partial charge in [-0.15, -0.1) is 0 Å². The Hall–Kier alpha value is -3.39. The van der Waals surface area contributed by atoms with Crippen LogP contribution >= 0.6 is 0 Å². The largest absolute Gasteiger partial charge is 0.451 e. The molecule has 24 heavy (non-hydrogen) atoms. The van der Waals surface area contributed by atoms with Gasteiger partial charge in [-0.25, -0.2) is 4.85 Å². The Bertz CT molecular complexity index is 1000. The molecule has 5 nitrogen and oxygen atoms in total. The van der Waals surface area contributed by atoms with Crippen molar-refractivity contribution in [1.29, 1.82) is 0 Å². The number of para-hydroxylation sites is 1. The van der Waals surface area contributed by atoms with Crippen molar-refractivity contribution in [3.8, 4) is 11.5 Å². The number of nitro benzene ring substituents is 1. The highest BCUT2D eigenvalue weighted by molar-refractivity contribution is 5.93. The topological polar surface area (TPSA) is 56.7 Å². The minimum Gasteiger partial charge on any atom is -0.451 e.